The summed E-state index contributed by atoms with van der Waals surface area (Å²) in [6.07, 6.45) is 5.50. The zero-order valence-electron chi connectivity index (χ0n) is 24.6. The van der Waals surface area contributed by atoms with Gasteiger partial charge >= 0.3 is 0 Å². The van der Waals surface area contributed by atoms with Crippen LogP contribution in [-0.4, -0.2) is 19.5 Å². The average Bonchev–Trinajstić information content (AvgIpc) is 3.46. The maximum absolute atomic E-state index is 6.53. The highest BCUT2D eigenvalue weighted by Gasteiger charge is 2.51. The van der Waals surface area contributed by atoms with Gasteiger partial charge in [-0.3, -0.25) is 14.9 Å². The number of hydrogen-bond donors (Lipinski definition) is 0. The van der Waals surface area contributed by atoms with Crippen LogP contribution in [0.5, 0.6) is 11.5 Å². The van der Waals surface area contributed by atoms with Crippen molar-refractivity contribution < 1.29 is 4.74 Å². The summed E-state index contributed by atoms with van der Waals surface area (Å²) in [4.78, 5) is 16.9. The Bertz CT molecular complexity index is 2390. The number of nitrogens with zero attached hydrogens (tertiary/aromatic N) is 5. The number of ether oxygens (including phenoxy) is 1. The lowest BCUT2D eigenvalue weighted by atomic mass is 9.61. The van der Waals surface area contributed by atoms with E-state index in [0.717, 1.165) is 67.6 Å². The number of hydrogen-bond acceptors (Lipinski definition) is 5. The Morgan fingerprint density at radius 2 is 1.13 bits per heavy atom. The summed E-state index contributed by atoms with van der Waals surface area (Å²) in [6.45, 7) is 0. The second-order valence-electron chi connectivity index (χ2n) is 11.7. The fourth-order valence-electron chi connectivity index (χ4n) is 7.64. The Morgan fingerprint density at radius 1 is 0.522 bits per heavy atom. The first-order valence-electron chi connectivity index (χ1n) is 15.4. The predicted octanol–water partition coefficient (Wildman–Crippen LogP) is 9.24. The summed E-state index contributed by atoms with van der Waals surface area (Å²) in [7, 11) is 0. The van der Waals surface area contributed by atoms with Crippen LogP contribution in [0, 0.1) is 0 Å². The van der Waals surface area contributed by atoms with E-state index in [9.17, 15) is 0 Å². The molecule has 4 aromatic heterocycles. The van der Waals surface area contributed by atoms with Gasteiger partial charge in [0.1, 0.15) is 28.4 Å². The van der Waals surface area contributed by atoms with E-state index in [1.165, 1.54) is 11.1 Å². The molecule has 0 bridgehead atoms. The zero-order valence-corrected chi connectivity index (χ0v) is 24.6. The molecule has 0 radical (unpaired) electrons. The van der Waals surface area contributed by atoms with Crippen molar-refractivity contribution in [3.8, 4) is 17.2 Å². The van der Waals surface area contributed by atoms with Gasteiger partial charge in [-0.05, 0) is 71.8 Å². The maximum atomic E-state index is 6.53. The highest BCUT2D eigenvalue weighted by Crippen LogP contribution is 2.62. The Hall–Kier alpha value is -6.27. The van der Waals surface area contributed by atoms with Crippen molar-refractivity contribution in [2.75, 3.05) is 4.90 Å². The minimum absolute atomic E-state index is 0.586. The second-order valence-corrected chi connectivity index (χ2v) is 11.7. The zero-order chi connectivity index (χ0) is 30.2. The van der Waals surface area contributed by atoms with Crippen LogP contribution in [0.2, 0.25) is 0 Å². The third kappa shape index (κ3) is 3.22. The van der Waals surface area contributed by atoms with E-state index in [0.29, 0.717) is 0 Å². The monoisotopic (exact) mass is 591 g/mol. The van der Waals surface area contributed by atoms with Crippen LogP contribution in [-0.2, 0) is 5.41 Å². The molecular weight excluding hydrogens is 566 g/mol. The summed E-state index contributed by atoms with van der Waals surface area (Å²) in [5.74, 6) is 2.56. The molecule has 0 atom stereocenters. The van der Waals surface area contributed by atoms with Gasteiger partial charge in [0.15, 0.2) is 0 Å². The number of rotatable bonds is 2. The van der Waals surface area contributed by atoms with E-state index in [4.69, 9.17) is 14.7 Å². The van der Waals surface area contributed by atoms with E-state index in [2.05, 4.69) is 124 Å². The molecule has 1 spiro atoms. The highest BCUT2D eigenvalue weighted by atomic mass is 16.5. The molecule has 0 aliphatic carbocycles. The molecule has 8 aromatic rings. The molecule has 0 amide bonds. The Labute approximate surface area is 264 Å². The molecule has 216 valence electrons. The van der Waals surface area contributed by atoms with Crippen LogP contribution in [0.25, 0.3) is 27.8 Å². The van der Waals surface area contributed by atoms with Crippen LogP contribution in [0.15, 0.2) is 152 Å². The molecule has 6 heteroatoms. The van der Waals surface area contributed by atoms with Gasteiger partial charge in [-0.2, -0.15) is 0 Å². The molecule has 4 aromatic carbocycles. The third-order valence-corrected chi connectivity index (χ3v) is 9.38. The Kier molecular flexibility index (Phi) is 5.11. The molecule has 0 unspecified atom stereocenters. The van der Waals surface area contributed by atoms with Crippen molar-refractivity contribution in [3.05, 3.63) is 174 Å². The molecule has 2 aliphatic rings. The molecule has 0 fully saturated rings. The van der Waals surface area contributed by atoms with Gasteiger partial charge in [-0.15, -0.1) is 0 Å². The van der Waals surface area contributed by atoms with Crippen LogP contribution in [0.1, 0.15) is 22.3 Å². The van der Waals surface area contributed by atoms with Gasteiger partial charge in [0, 0.05) is 23.5 Å². The minimum Gasteiger partial charge on any atom is -0.457 e. The maximum Gasteiger partial charge on any atom is 0.138 e. The Balaban J connectivity index is 1.28. The molecule has 6 nitrogen and oxygen atoms in total. The van der Waals surface area contributed by atoms with Crippen LogP contribution in [0.3, 0.4) is 0 Å². The Morgan fingerprint density at radius 3 is 1.80 bits per heavy atom. The smallest absolute Gasteiger partial charge is 0.138 e. The quantitative estimate of drug-likeness (QED) is 0.201. The lowest BCUT2D eigenvalue weighted by Crippen LogP contribution is -2.39. The number of benzene rings is 4. The predicted molar refractivity (Wildman–Crippen MR) is 181 cm³/mol. The van der Waals surface area contributed by atoms with Gasteiger partial charge in [0.25, 0.3) is 0 Å². The lowest BCUT2D eigenvalue weighted by Gasteiger charge is -2.48. The standard InChI is InChI=1S/C40H25N5O/c1-5-16-31-27(12-1)40(29-14-3-7-19-35(29)46-36-20-8-4-15-30(36)40)28-13-2-6-17-32(28)45(31)37-22-21-34-39(43-37)38-33(18-10-24-42-38)44(34)26-11-9-23-41-25-26/h1-25H. The minimum atomic E-state index is -0.586. The van der Waals surface area contributed by atoms with Gasteiger partial charge < -0.3 is 9.30 Å². The molecule has 2 aliphatic heterocycles. The summed E-state index contributed by atoms with van der Waals surface area (Å²) < 4.78 is 8.72. The van der Waals surface area contributed by atoms with E-state index < -0.39 is 5.41 Å². The van der Waals surface area contributed by atoms with Gasteiger partial charge in [-0.25, -0.2) is 4.98 Å². The second kappa shape index (κ2) is 9.36. The van der Waals surface area contributed by atoms with Gasteiger partial charge in [0.05, 0.1) is 39.7 Å². The third-order valence-electron chi connectivity index (χ3n) is 9.38. The van der Waals surface area contributed by atoms with Crippen molar-refractivity contribution in [3.63, 3.8) is 0 Å². The lowest BCUT2D eigenvalue weighted by molar-refractivity contribution is 0.434. The number of aromatic nitrogens is 4. The van der Waals surface area contributed by atoms with Crippen LogP contribution < -0.4 is 9.64 Å². The van der Waals surface area contributed by atoms with Crippen molar-refractivity contribution >= 4 is 39.3 Å². The first kappa shape index (κ1) is 25.1. The number of para-hydroxylation sites is 4. The molecule has 0 saturated carbocycles. The van der Waals surface area contributed by atoms with E-state index in [-0.39, 0.29) is 0 Å². The average molecular weight is 592 g/mol. The van der Waals surface area contributed by atoms with E-state index in [1.54, 1.807) is 6.20 Å². The number of anilines is 3. The first-order chi connectivity index (χ1) is 22.8. The van der Waals surface area contributed by atoms with E-state index >= 15 is 0 Å². The largest absolute Gasteiger partial charge is 0.457 e. The summed E-state index contributed by atoms with van der Waals surface area (Å²) in [5, 5.41) is 0. The topological polar surface area (TPSA) is 56.1 Å². The molecule has 0 N–H and O–H groups in total. The van der Waals surface area contributed by atoms with Crippen molar-refractivity contribution in [2.45, 2.75) is 5.41 Å². The van der Waals surface area contributed by atoms with Crippen LogP contribution >= 0.6 is 0 Å². The fraction of sp³-hybridized carbons (Fsp3) is 0.0250. The fourth-order valence-corrected chi connectivity index (χ4v) is 7.64. The van der Waals surface area contributed by atoms with Gasteiger partial charge in [0.2, 0.25) is 0 Å². The van der Waals surface area contributed by atoms with Gasteiger partial charge in [-0.1, -0.05) is 72.8 Å². The summed E-state index contributed by atoms with van der Waals surface area (Å²) >= 11 is 0. The summed E-state index contributed by atoms with van der Waals surface area (Å²) in [6, 6.07) is 46.6. The molecule has 6 heterocycles. The molecule has 10 rings (SSSR count). The van der Waals surface area contributed by atoms with Crippen molar-refractivity contribution in [2.24, 2.45) is 0 Å². The molecule has 46 heavy (non-hydrogen) atoms. The first-order valence-corrected chi connectivity index (χ1v) is 15.4. The van der Waals surface area contributed by atoms with E-state index in [1.807, 2.05) is 36.7 Å². The molecular formula is C40H25N5O. The number of pyridine rings is 3. The van der Waals surface area contributed by atoms with Crippen molar-refractivity contribution in [1.82, 2.24) is 19.5 Å². The molecule has 0 saturated heterocycles. The normalized spacial score (nSPS) is 14.0. The number of fused-ring (bicyclic) bond motifs is 11. The van der Waals surface area contributed by atoms with Crippen LogP contribution in [0.4, 0.5) is 17.2 Å². The SMILES string of the molecule is c1cncc(-n2c3cccnc3c3nc(N4c5ccccc5C5(c6ccccc6Oc6ccccc65)c5ccccc54)ccc32)c1. The summed E-state index contributed by atoms with van der Waals surface area (Å²) in [5.41, 5.74) is 10.8. The highest BCUT2D eigenvalue weighted by molar-refractivity contribution is 6.05. The van der Waals surface area contributed by atoms with Crippen molar-refractivity contribution in [1.29, 1.82) is 0 Å².